The van der Waals surface area contributed by atoms with E-state index in [1.54, 1.807) is 0 Å². The fourth-order valence-electron chi connectivity index (χ4n) is 2.60. The Labute approximate surface area is 97.7 Å². The quantitative estimate of drug-likeness (QED) is 0.746. The Morgan fingerprint density at radius 3 is 2.75 bits per heavy atom. The van der Waals surface area contributed by atoms with Crippen LogP contribution < -0.4 is 5.73 Å². The summed E-state index contributed by atoms with van der Waals surface area (Å²) >= 11 is 0. The summed E-state index contributed by atoms with van der Waals surface area (Å²) < 4.78 is 5.49. The first-order valence-electron chi connectivity index (χ1n) is 6.60. The first-order valence-corrected chi connectivity index (χ1v) is 6.60. The molecule has 0 aromatic carbocycles. The third-order valence-corrected chi connectivity index (χ3v) is 3.82. The molecule has 0 aromatic heterocycles. The number of rotatable bonds is 4. The van der Waals surface area contributed by atoms with E-state index in [-0.39, 0.29) is 18.1 Å². The van der Waals surface area contributed by atoms with E-state index in [4.69, 9.17) is 10.5 Å². The smallest absolute Gasteiger partial charge is 0.307 e. The molecule has 3 atom stereocenters. The SMILES string of the molecule is CC1CCCC(OC(=O)CC(N)C2CC2)C1. The van der Waals surface area contributed by atoms with Gasteiger partial charge in [0.2, 0.25) is 0 Å². The van der Waals surface area contributed by atoms with Gasteiger partial charge in [-0.3, -0.25) is 4.79 Å². The molecule has 0 spiro atoms. The van der Waals surface area contributed by atoms with Crippen LogP contribution in [-0.4, -0.2) is 18.1 Å². The molecule has 0 aliphatic heterocycles. The van der Waals surface area contributed by atoms with Crippen molar-refractivity contribution in [2.75, 3.05) is 0 Å². The van der Waals surface area contributed by atoms with E-state index in [2.05, 4.69) is 6.92 Å². The second-order valence-electron chi connectivity index (χ2n) is 5.59. The predicted octanol–water partition coefficient (Wildman–Crippen LogP) is 2.24. The van der Waals surface area contributed by atoms with Crippen molar-refractivity contribution in [3.63, 3.8) is 0 Å². The normalized spacial score (nSPS) is 32.1. The van der Waals surface area contributed by atoms with Crippen LogP contribution >= 0.6 is 0 Å². The molecule has 0 radical (unpaired) electrons. The zero-order valence-electron chi connectivity index (χ0n) is 10.2. The highest BCUT2D eigenvalue weighted by Gasteiger charge is 2.31. The molecule has 0 bridgehead atoms. The summed E-state index contributed by atoms with van der Waals surface area (Å²) in [5.74, 6) is 1.19. The zero-order valence-corrected chi connectivity index (χ0v) is 10.2. The van der Waals surface area contributed by atoms with E-state index >= 15 is 0 Å². The molecular weight excluding hydrogens is 202 g/mol. The van der Waals surface area contributed by atoms with Crippen LogP contribution in [0, 0.1) is 11.8 Å². The largest absolute Gasteiger partial charge is 0.462 e. The van der Waals surface area contributed by atoms with E-state index < -0.39 is 0 Å². The molecular formula is C13H23NO2. The van der Waals surface area contributed by atoms with Crippen LogP contribution in [0.2, 0.25) is 0 Å². The third kappa shape index (κ3) is 3.48. The summed E-state index contributed by atoms with van der Waals surface area (Å²) in [7, 11) is 0. The monoisotopic (exact) mass is 225 g/mol. The van der Waals surface area contributed by atoms with Gasteiger partial charge in [-0.05, 0) is 43.9 Å². The van der Waals surface area contributed by atoms with Gasteiger partial charge in [-0.1, -0.05) is 13.3 Å². The molecule has 0 aromatic rings. The van der Waals surface area contributed by atoms with Crippen molar-refractivity contribution in [2.45, 2.75) is 64.0 Å². The van der Waals surface area contributed by atoms with E-state index in [1.165, 1.54) is 25.7 Å². The summed E-state index contributed by atoms with van der Waals surface area (Å²) in [6.07, 6.45) is 7.48. The molecule has 92 valence electrons. The van der Waals surface area contributed by atoms with E-state index in [1.807, 2.05) is 0 Å². The predicted molar refractivity (Wildman–Crippen MR) is 62.8 cm³/mol. The van der Waals surface area contributed by atoms with Gasteiger partial charge in [0.25, 0.3) is 0 Å². The topological polar surface area (TPSA) is 52.3 Å². The van der Waals surface area contributed by atoms with Gasteiger partial charge in [-0.15, -0.1) is 0 Å². The lowest BCUT2D eigenvalue weighted by molar-refractivity contribution is -0.151. The second kappa shape index (κ2) is 5.17. The Bertz CT molecular complexity index is 250. The van der Waals surface area contributed by atoms with Crippen LogP contribution in [0.3, 0.4) is 0 Å². The molecule has 16 heavy (non-hydrogen) atoms. The molecule has 2 fully saturated rings. The summed E-state index contributed by atoms with van der Waals surface area (Å²) in [4.78, 5) is 11.7. The average Bonchev–Trinajstić information content (AvgIpc) is 2.99. The lowest BCUT2D eigenvalue weighted by Crippen LogP contribution is -2.30. The highest BCUT2D eigenvalue weighted by atomic mass is 16.5. The highest BCUT2D eigenvalue weighted by Crippen LogP contribution is 2.33. The molecule has 3 heteroatoms. The second-order valence-corrected chi connectivity index (χ2v) is 5.59. The fourth-order valence-corrected chi connectivity index (χ4v) is 2.60. The zero-order chi connectivity index (χ0) is 11.5. The molecule has 0 saturated heterocycles. The van der Waals surface area contributed by atoms with Crippen molar-refractivity contribution in [1.29, 1.82) is 0 Å². The van der Waals surface area contributed by atoms with Crippen molar-refractivity contribution in [3.05, 3.63) is 0 Å². The maximum atomic E-state index is 11.7. The summed E-state index contributed by atoms with van der Waals surface area (Å²) in [6.45, 7) is 2.23. The molecule has 2 saturated carbocycles. The number of nitrogens with two attached hydrogens (primary N) is 1. The van der Waals surface area contributed by atoms with Gasteiger partial charge in [0.1, 0.15) is 6.10 Å². The third-order valence-electron chi connectivity index (χ3n) is 3.82. The van der Waals surface area contributed by atoms with Gasteiger partial charge >= 0.3 is 5.97 Å². The van der Waals surface area contributed by atoms with Crippen molar-refractivity contribution >= 4 is 5.97 Å². The maximum Gasteiger partial charge on any atom is 0.307 e. The number of ether oxygens (including phenoxy) is 1. The Morgan fingerprint density at radius 1 is 1.38 bits per heavy atom. The Kier molecular flexibility index (Phi) is 3.85. The van der Waals surface area contributed by atoms with Gasteiger partial charge in [0.15, 0.2) is 0 Å². The fraction of sp³-hybridized carbons (Fsp3) is 0.923. The van der Waals surface area contributed by atoms with Crippen molar-refractivity contribution in [1.82, 2.24) is 0 Å². The molecule has 0 amide bonds. The Hall–Kier alpha value is -0.570. The minimum atomic E-state index is -0.0847. The Balaban J connectivity index is 1.69. The molecule has 0 heterocycles. The molecule has 3 unspecified atom stereocenters. The van der Waals surface area contributed by atoms with Gasteiger partial charge in [0, 0.05) is 6.04 Å². The van der Waals surface area contributed by atoms with Crippen molar-refractivity contribution < 1.29 is 9.53 Å². The molecule has 3 nitrogen and oxygen atoms in total. The molecule has 2 aliphatic carbocycles. The van der Waals surface area contributed by atoms with E-state index in [0.29, 0.717) is 18.3 Å². The van der Waals surface area contributed by atoms with Gasteiger partial charge in [-0.25, -0.2) is 0 Å². The molecule has 2 N–H and O–H groups in total. The van der Waals surface area contributed by atoms with Crippen LogP contribution in [0.5, 0.6) is 0 Å². The number of hydrogen-bond acceptors (Lipinski definition) is 3. The van der Waals surface area contributed by atoms with E-state index in [0.717, 1.165) is 12.8 Å². The van der Waals surface area contributed by atoms with E-state index in [9.17, 15) is 4.79 Å². The minimum absolute atomic E-state index is 0.0357. The summed E-state index contributed by atoms with van der Waals surface area (Å²) in [5.41, 5.74) is 5.91. The number of hydrogen-bond donors (Lipinski definition) is 1. The first-order chi connectivity index (χ1) is 7.65. The number of esters is 1. The lowest BCUT2D eigenvalue weighted by Gasteiger charge is -2.26. The summed E-state index contributed by atoms with van der Waals surface area (Å²) in [6, 6.07) is 0.0357. The van der Waals surface area contributed by atoms with Crippen LogP contribution in [-0.2, 0) is 9.53 Å². The Morgan fingerprint density at radius 2 is 2.12 bits per heavy atom. The van der Waals surface area contributed by atoms with Gasteiger partial charge in [0.05, 0.1) is 6.42 Å². The number of carbonyl (C=O) groups is 1. The first kappa shape index (κ1) is 11.9. The number of carbonyl (C=O) groups excluding carboxylic acids is 1. The lowest BCUT2D eigenvalue weighted by atomic mass is 9.89. The molecule has 2 rings (SSSR count). The van der Waals surface area contributed by atoms with Gasteiger partial charge in [-0.2, -0.15) is 0 Å². The van der Waals surface area contributed by atoms with Crippen molar-refractivity contribution in [2.24, 2.45) is 17.6 Å². The summed E-state index contributed by atoms with van der Waals surface area (Å²) in [5, 5.41) is 0. The van der Waals surface area contributed by atoms with Crippen LogP contribution in [0.15, 0.2) is 0 Å². The van der Waals surface area contributed by atoms with Crippen molar-refractivity contribution in [3.8, 4) is 0 Å². The highest BCUT2D eigenvalue weighted by molar-refractivity contribution is 5.70. The van der Waals surface area contributed by atoms with Crippen LogP contribution in [0.1, 0.15) is 51.9 Å². The molecule has 2 aliphatic rings. The standard InChI is InChI=1S/C13H23NO2/c1-9-3-2-4-11(7-9)16-13(15)8-12(14)10-5-6-10/h9-12H,2-8,14H2,1H3. The van der Waals surface area contributed by atoms with Crippen LogP contribution in [0.25, 0.3) is 0 Å². The maximum absolute atomic E-state index is 11.7. The average molecular weight is 225 g/mol. The minimum Gasteiger partial charge on any atom is -0.462 e. The van der Waals surface area contributed by atoms with Crippen LogP contribution in [0.4, 0.5) is 0 Å². The van der Waals surface area contributed by atoms with Gasteiger partial charge < -0.3 is 10.5 Å².